The lowest BCUT2D eigenvalue weighted by atomic mass is 9.93. The molecule has 0 bridgehead atoms. The second-order valence-electron chi connectivity index (χ2n) is 3.44. The van der Waals surface area contributed by atoms with Crippen LogP contribution in [0.25, 0.3) is 0 Å². The van der Waals surface area contributed by atoms with Crippen LogP contribution in [0.1, 0.15) is 13.8 Å². The van der Waals surface area contributed by atoms with E-state index in [2.05, 4.69) is 0 Å². The molecule has 0 atom stereocenters. The maximum Gasteiger partial charge on any atom is 0.335 e. The fourth-order valence-corrected chi connectivity index (χ4v) is 0.958. The molecule has 0 aromatic rings. The Morgan fingerprint density at radius 3 is 2.67 bits per heavy atom. The summed E-state index contributed by atoms with van der Waals surface area (Å²) in [6.07, 6.45) is 8.88. The van der Waals surface area contributed by atoms with Crippen molar-refractivity contribution < 1.29 is 9.90 Å². The van der Waals surface area contributed by atoms with Crippen molar-refractivity contribution in [2.75, 3.05) is 0 Å². The molecule has 0 heterocycles. The third-order valence-corrected chi connectivity index (χ3v) is 1.74. The van der Waals surface area contributed by atoms with Gasteiger partial charge in [-0.15, -0.1) is 0 Å². The molecule has 0 amide bonds. The van der Waals surface area contributed by atoms with Crippen LogP contribution < -0.4 is 0 Å². The van der Waals surface area contributed by atoms with E-state index in [4.69, 9.17) is 5.11 Å². The van der Waals surface area contributed by atoms with Crippen molar-refractivity contribution in [1.82, 2.24) is 0 Å². The van der Waals surface area contributed by atoms with E-state index in [1.54, 1.807) is 18.2 Å². The van der Waals surface area contributed by atoms with E-state index >= 15 is 0 Å². The standard InChI is InChI=1S/C10H12O2/c1-10(2)6-3-4-8(5-7-10)9(11)12/h3-7H,1-2H3,(H,11,12). The molecular weight excluding hydrogens is 152 g/mol. The first-order chi connectivity index (χ1) is 5.51. The van der Waals surface area contributed by atoms with E-state index in [1.165, 1.54) is 0 Å². The van der Waals surface area contributed by atoms with Gasteiger partial charge < -0.3 is 5.11 Å². The topological polar surface area (TPSA) is 37.3 Å². The molecule has 0 aromatic carbocycles. The van der Waals surface area contributed by atoms with Crippen LogP contribution in [0.3, 0.4) is 0 Å². The second kappa shape index (κ2) is 2.97. The highest BCUT2D eigenvalue weighted by Gasteiger charge is 2.12. The molecule has 0 saturated carbocycles. The Labute approximate surface area is 71.9 Å². The van der Waals surface area contributed by atoms with Gasteiger partial charge in [-0.2, -0.15) is 0 Å². The monoisotopic (exact) mass is 164 g/mol. The minimum Gasteiger partial charge on any atom is -0.478 e. The Bertz CT molecular complexity index is 280. The van der Waals surface area contributed by atoms with Gasteiger partial charge in [0.2, 0.25) is 0 Å². The highest BCUT2D eigenvalue weighted by atomic mass is 16.4. The van der Waals surface area contributed by atoms with Crippen molar-refractivity contribution in [3.05, 3.63) is 36.0 Å². The van der Waals surface area contributed by atoms with Crippen molar-refractivity contribution in [3.8, 4) is 0 Å². The Morgan fingerprint density at radius 1 is 1.42 bits per heavy atom. The Hall–Kier alpha value is -1.31. The van der Waals surface area contributed by atoms with E-state index in [0.717, 1.165) is 0 Å². The van der Waals surface area contributed by atoms with E-state index < -0.39 is 5.97 Å². The highest BCUT2D eigenvalue weighted by Crippen LogP contribution is 2.22. The van der Waals surface area contributed by atoms with Gasteiger partial charge in [0, 0.05) is 5.41 Å². The molecule has 0 radical (unpaired) electrons. The molecule has 0 saturated heterocycles. The molecule has 0 aromatic heterocycles. The van der Waals surface area contributed by atoms with E-state index in [1.807, 2.05) is 26.0 Å². The van der Waals surface area contributed by atoms with Gasteiger partial charge in [-0.05, 0) is 6.08 Å². The van der Waals surface area contributed by atoms with Gasteiger partial charge in [0.05, 0.1) is 5.57 Å². The van der Waals surface area contributed by atoms with Gasteiger partial charge in [0.15, 0.2) is 0 Å². The van der Waals surface area contributed by atoms with E-state index in [0.29, 0.717) is 5.57 Å². The number of carboxylic acid groups (broad SMARTS) is 1. The Kier molecular flexibility index (Phi) is 2.18. The molecule has 1 aliphatic carbocycles. The minimum atomic E-state index is -0.881. The van der Waals surface area contributed by atoms with Crippen LogP contribution in [0.15, 0.2) is 36.0 Å². The van der Waals surface area contributed by atoms with Crippen LogP contribution >= 0.6 is 0 Å². The molecular formula is C10H12O2. The third-order valence-electron chi connectivity index (χ3n) is 1.74. The van der Waals surface area contributed by atoms with Gasteiger partial charge in [0.25, 0.3) is 0 Å². The fraction of sp³-hybridized carbons (Fsp3) is 0.300. The molecule has 64 valence electrons. The maximum atomic E-state index is 10.6. The molecule has 1 aliphatic rings. The zero-order chi connectivity index (χ0) is 9.19. The Morgan fingerprint density at radius 2 is 2.08 bits per heavy atom. The van der Waals surface area contributed by atoms with Crippen molar-refractivity contribution in [2.45, 2.75) is 13.8 Å². The summed E-state index contributed by atoms with van der Waals surface area (Å²) < 4.78 is 0. The molecule has 12 heavy (non-hydrogen) atoms. The van der Waals surface area contributed by atoms with E-state index in [-0.39, 0.29) is 5.41 Å². The number of carboxylic acids is 1. The van der Waals surface area contributed by atoms with Crippen LogP contribution in [-0.2, 0) is 4.79 Å². The molecule has 0 spiro atoms. The lowest BCUT2D eigenvalue weighted by Gasteiger charge is -2.12. The largest absolute Gasteiger partial charge is 0.478 e. The number of allylic oxidation sites excluding steroid dienone is 4. The average Bonchev–Trinajstić information content (AvgIpc) is 2.10. The molecule has 0 unspecified atom stereocenters. The predicted molar refractivity (Wildman–Crippen MR) is 47.8 cm³/mol. The minimum absolute atomic E-state index is 0.0479. The smallest absolute Gasteiger partial charge is 0.335 e. The van der Waals surface area contributed by atoms with Gasteiger partial charge in [-0.1, -0.05) is 38.2 Å². The number of carbonyl (C=O) groups is 1. The van der Waals surface area contributed by atoms with Crippen molar-refractivity contribution >= 4 is 5.97 Å². The average molecular weight is 164 g/mol. The molecule has 2 nitrogen and oxygen atoms in total. The summed E-state index contributed by atoms with van der Waals surface area (Å²) in [5.41, 5.74) is 0.282. The first kappa shape index (κ1) is 8.78. The summed E-state index contributed by atoms with van der Waals surface area (Å²) in [6, 6.07) is 0. The van der Waals surface area contributed by atoms with Gasteiger partial charge in [0.1, 0.15) is 0 Å². The predicted octanol–water partition coefficient (Wildman–Crippen LogP) is 2.15. The third kappa shape index (κ3) is 2.09. The lowest BCUT2D eigenvalue weighted by Crippen LogP contribution is -2.01. The van der Waals surface area contributed by atoms with Crippen LogP contribution in [0.5, 0.6) is 0 Å². The summed E-state index contributed by atoms with van der Waals surface area (Å²) in [7, 11) is 0. The number of hydrogen-bond donors (Lipinski definition) is 1. The summed E-state index contributed by atoms with van der Waals surface area (Å²) in [5, 5.41) is 8.68. The molecule has 1 N–H and O–H groups in total. The quantitative estimate of drug-likeness (QED) is 0.644. The van der Waals surface area contributed by atoms with Crippen molar-refractivity contribution in [3.63, 3.8) is 0 Å². The van der Waals surface area contributed by atoms with Crippen LogP contribution in [0, 0.1) is 5.41 Å². The molecule has 0 aliphatic heterocycles. The van der Waals surface area contributed by atoms with Gasteiger partial charge >= 0.3 is 5.97 Å². The number of rotatable bonds is 1. The second-order valence-corrected chi connectivity index (χ2v) is 3.44. The number of aliphatic carboxylic acids is 1. The Balaban J connectivity index is 2.94. The van der Waals surface area contributed by atoms with Crippen LogP contribution in [-0.4, -0.2) is 11.1 Å². The van der Waals surface area contributed by atoms with Crippen LogP contribution in [0.4, 0.5) is 0 Å². The summed E-state index contributed by atoms with van der Waals surface area (Å²) >= 11 is 0. The SMILES string of the molecule is CC1(C)C=CC=C(C(=O)O)C=C1. The van der Waals surface area contributed by atoms with Gasteiger partial charge in [-0.25, -0.2) is 4.79 Å². The highest BCUT2D eigenvalue weighted by molar-refractivity contribution is 5.90. The maximum absolute atomic E-state index is 10.6. The van der Waals surface area contributed by atoms with Crippen molar-refractivity contribution in [2.24, 2.45) is 5.41 Å². The molecule has 2 heteroatoms. The molecule has 1 rings (SSSR count). The van der Waals surface area contributed by atoms with E-state index in [9.17, 15) is 4.79 Å². The zero-order valence-corrected chi connectivity index (χ0v) is 7.24. The van der Waals surface area contributed by atoms with Crippen LogP contribution in [0.2, 0.25) is 0 Å². The number of hydrogen-bond acceptors (Lipinski definition) is 1. The first-order valence-electron chi connectivity index (χ1n) is 3.83. The van der Waals surface area contributed by atoms with Crippen molar-refractivity contribution in [1.29, 1.82) is 0 Å². The fourth-order valence-electron chi connectivity index (χ4n) is 0.958. The van der Waals surface area contributed by atoms with Gasteiger partial charge in [-0.3, -0.25) is 0 Å². The normalized spacial score (nSPS) is 20.0. The summed E-state index contributed by atoms with van der Waals surface area (Å²) in [4.78, 5) is 10.6. The zero-order valence-electron chi connectivity index (χ0n) is 7.24. The lowest BCUT2D eigenvalue weighted by molar-refractivity contribution is -0.132. The first-order valence-corrected chi connectivity index (χ1v) is 3.83. The molecule has 0 fully saturated rings. The summed E-state index contributed by atoms with van der Waals surface area (Å²) in [6.45, 7) is 4.05. The summed E-state index contributed by atoms with van der Waals surface area (Å²) in [5.74, 6) is -0.881.